The molecule has 6 nitrogen and oxygen atoms in total. The van der Waals surface area contributed by atoms with Gasteiger partial charge in [-0.05, 0) is 18.1 Å². The number of ether oxygens (including phenoxy) is 2. The summed E-state index contributed by atoms with van der Waals surface area (Å²) in [5, 5.41) is 13.3. The Morgan fingerprint density at radius 3 is 2.30 bits per heavy atom. The summed E-state index contributed by atoms with van der Waals surface area (Å²) in [5.41, 5.74) is 1.68. The van der Waals surface area contributed by atoms with Gasteiger partial charge in [0.15, 0.2) is 11.9 Å². The quantitative estimate of drug-likeness (QED) is 0.588. The van der Waals surface area contributed by atoms with Crippen molar-refractivity contribution in [2.45, 2.75) is 25.7 Å². The zero-order chi connectivity index (χ0) is 19.5. The predicted molar refractivity (Wildman–Crippen MR) is 101 cm³/mol. The molecule has 2 aromatic rings. The highest BCUT2D eigenvalue weighted by molar-refractivity contribution is 5.82. The predicted octanol–water partition coefficient (Wildman–Crippen LogP) is 2.03. The first-order valence-corrected chi connectivity index (χ1v) is 8.88. The maximum atomic E-state index is 12.1. The molecule has 0 saturated heterocycles. The summed E-state index contributed by atoms with van der Waals surface area (Å²) in [6.07, 6.45) is -1.41. The molecule has 6 heteroatoms. The van der Waals surface area contributed by atoms with E-state index >= 15 is 0 Å². The highest BCUT2D eigenvalue weighted by Crippen LogP contribution is 2.18. The van der Waals surface area contributed by atoms with Crippen LogP contribution in [0.2, 0.25) is 0 Å². The van der Waals surface area contributed by atoms with E-state index in [1.807, 2.05) is 36.4 Å². The normalized spacial score (nSPS) is 13.0. The largest absolute Gasteiger partial charge is 0.464 e. The molecule has 0 aromatic heterocycles. The van der Waals surface area contributed by atoms with Gasteiger partial charge in [0.2, 0.25) is 0 Å². The van der Waals surface area contributed by atoms with E-state index in [1.54, 1.807) is 31.2 Å². The molecule has 0 amide bonds. The molecule has 0 radical (unpaired) electrons. The highest BCUT2D eigenvalue weighted by Gasteiger charge is 2.28. The second kappa shape index (κ2) is 11.2. The lowest BCUT2D eigenvalue weighted by Gasteiger charge is -2.23. The van der Waals surface area contributed by atoms with Crippen molar-refractivity contribution in [3.8, 4) is 0 Å². The SMILES string of the molecule is CCOC(=O)[C@H](O)[C@@H](NCC(=O)COCc1ccccc1)c1ccccc1. The van der Waals surface area contributed by atoms with E-state index in [9.17, 15) is 14.7 Å². The number of aliphatic hydroxyl groups is 1. The van der Waals surface area contributed by atoms with E-state index in [4.69, 9.17) is 9.47 Å². The molecule has 2 N–H and O–H groups in total. The van der Waals surface area contributed by atoms with Crippen LogP contribution < -0.4 is 5.32 Å². The Morgan fingerprint density at radius 1 is 1.04 bits per heavy atom. The molecule has 0 aliphatic rings. The molecule has 2 aromatic carbocycles. The van der Waals surface area contributed by atoms with E-state index in [0.29, 0.717) is 12.2 Å². The number of carbonyl (C=O) groups excluding carboxylic acids is 2. The van der Waals surface area contributed by atoms with Crippen LogP contribution in [0.5, 0.6) is 0 Å². The number of aliphatic hydroxyl groups excluding tert-OH is 1. The molecule has 0 aliphatic heterocycles. The number of esters is 1. The summed E-state index contributed by atoms with van der Waals surface area (Å²) in [5.74, 6) is -0.908. The molecule has 0 fully saturated rings. The molecule has 144 valence electrons. The van der Waals surface area contributed by atoms with Crippen molar-refractivity contribution in [1.82, 2.24) is 5.32 Å². The van der Waals surface area contributed by atoms with E-state index in [-0.39, 0.29) is 25.5 Å². The number of rotatable bonds is 11. The fourth-order valence-corrected chi connectivity index (χ4v) is 2.57. The van der Waals surface area contributed by atoms with Crippen LogP contribution in [0.1, 0.15) is 24.1 Å². The number of Topliss-reactive ketones (excluding diaryl/α,β-unsaturated/α-hetero) is 1. The van der Waals surface area contributed by atoms with Crippen molar-refractivity contribution in [1.29, 1.82) is 0 Å². The summed E-state index contributed by atoms with van der Waals surface area (Å²) in [7, 11) is 0. The topological polar surface area (TPSA) is 84.9 Å². The van der Waals surface area contributed by atoms with Gasteiger partial charge in [-0.2, -0.15) is 0 Å². The molecule has 2 rings (SSSR count). The van der Waals surface area contributed by atoms with Gasteiger partial charge in [-0.1, -0.05) is 60.7 Å². The van der Waals surface area contributed by atoms with Crippen LogP contribution in [-0.2, 0) is 25.7 Å². The first kappa shape index (κ1) is 20.8. The summed E-state index contributed by atoms with van der Waals surface area (Å²) in [6.45, 7) is 2.09. The summed E-state index contributed by atoms with van der Waals surface area (Å²) in [4.78, 5) is 24.0. The lowest BCUT2D eigenvalue weighted by atomic mass is 10.0. The summed E-state index contributed by atoms with van der Waals surface area (Å²) >= 11 is 0. The van der Waals surface area contributed by atoms with Crippen molar-refractivity contribution in [3.63, 3.8) is 0 Å². The Morgan fingerprint density at radius 2 is 1.67 bits per heavy atom. The minimum Gasteiger partial charge on any atom is -0.464 e. The van der Waals surface area contributed by atoms with E-state index in [1.165, 1.54) is 0 Å². The molecule has 0 spiro atoms. The zero-order valence-electron chi connectivity index (χ0n) is 15.3. The number of hydrogen-bond acceptors (Lipinski definition) is 6. The van der Waals surface area contributed by atoms with E-state index in [2.05, 4.69) is 5.32 Å². The number of benzene rings is 2. The first-order chi connectivity index (χ1) is 13.1. The van der Waals surface area contributed by atoms with Gasteiger partial charge in [-0.25, -0.2) is 4.79 Å². The van der Waals surface area contributed by atoms with Crippen molar-refractivity contribution >= 4 is 11.8 Å². The Kier molecular flexibility index (Phi) is 8.64. The van der Waals surface area contributed by atoms with Gasteiger partial charge in [0.05, 0.1) is 25.8 Å². The lowest BCUT2D eigenvalue weighted by molar-refractivity contribution is -0.155. The summed E-state index contributed by atoms with van der Waals surface area (Å²) < 4.78 is 10.3. The fourth-order valence-electron chi connectivity index (χ4n) is 2.57. The number of hydrogen-bond donors (Lipinski definition) is 2. The van der Waals surface area contributed by atoms with Crippen molar-refractivity contribution in [2.24, 2.45) is 0 Å². The van der Waals surface area contributed by atoms with Crippen LogP contribution >= 0.6 is 0 Å². The minimum atomic E-state index is -1.41. The maximum absolute atomic E-state index is 12.1. The standard InChI is InChI=1S/C21H25NO5/c1-2-27-21(25)20(24)19(17-11-7-4-8-12-17)22-13-18(23)15-26-14-16-9-5-3-6-10-16/h3-12,19-20,22,24H,2,13-15H2,1H3/t19-,20+/m0/s1. The highest BCUT2D eigenvalue weighted by atomic mass is 16.5. The van der Waals surface area contributed by atoms with Gasteiger partial charge >= 0.3 is 5.97 Å². The van der Waals surface area contributed by atoms with Crippen molar-refractivity contribution < 1.29 is 24.2 Å². The molecule has 0 aliphatic carbocycles. The van der Waals surface area contributed by atoms with Gasteiger partial charge in [0.25, 0.3) is 0 Å². The third-order valence-corrected chi connectivity index (χ3v) is 3.90. The monoisotopic (exact) mass is 371 g/mol. The molecule has 27 heavy (non-hydrogen) atoms. The number of ketones is 1. The Bertz CT molecular complexity index is 705. The van der Waals surface area contributed by atoms with Gasteiger partial charge in [-0.15, -0.1) is 0 Å². The molecule has 2 atom stereocenters. The van der Waals surface area contributed by atoms with Crippen LogP contribution in [0.3, 0.4) is 0 Å². The van der Waals surface area contributed by atoms with Crippen LogP contribution in [0.4, 0.5) is 0 Å². The smallest absolute Gasteiger partial charge is 0.336 e. The van der Waals surface area contributed by atoms with Crippen LogP contribution in [0, 0.1) is 0 Å². The number of carbonyl (C=O) groups is 2. The first-order valence-electron chi connectivity index (χ1n) is 8.88. The second-order valence-electron chi connectivity index (χ2n) is 5.98. The zero-order valence-corrected chi connectivity index (χ0v) is 15.3. The average molecular weight is 371 g/mol. The maximum Gasteiger partial charge on any atom is 0.336 e. The average Bonchev–Trinajstić information content (AvgIpc) is 2.70. The number of nitrogens with one attached hydrogen (secondary N) is 1. The lowest BCUT2D eigenvalue weighted by Crippen LogP contribution is -2.41. The molecule has 0 saturated carbocycles. The van der Waals surface area contributed by atoms with E-state index in [0.717, 1.165) is 5.56 Å². The van der Waals surface area contributed by atoms with Crippen molar-refractivity contribution in [2.75, 3.05) is 19.8 Å². The van der Waals surface area contributed by atoms with Crippen molar-refractivity contribution in [3.05, 3.63) is 71.8 Å². The van der Waals surface area contributed by atoms with Gasteiger partial charge in [0, 0.05) is 0 Å². The van der Waals surface area contributed by atoms with Crippen LogP contribution in [0.15, 0.2) is 60.7 Å². The molecular formula is C21H25NO5. The van der Waals surface area contributed by atoms with E-state index < -0.39 is 18.1 Å². The second-order valence-corrected chi connectivity index (χ2v) is 5.98. The summed E-state index contributed by atoms with van der Waals surface area (Å²) in [6, 6.07) is 17.8. The third-order valence-electron chi connectivity index (χ3n) is 3.90. The molecule has 0 heterocycles. The van der Waals surface area contributed by atoms with Gasteiger partial charge < -0.3 is 19.9 Å². The third kappa shape index (κ3) is 6.94. The Balaban J connectivity index is 1.88. The molecule has 0 unspecified atom stereocenters. The van der Waals surface area contributed by atoms with Crippen LogP contribution in [0.25, 0.3) is 0 Å². The minimum absolute atomic E-state index is 0.0369. The Hall–Kier alpha value is -2.54. The fraction of sp³-hybridized carbons (Fsp3) is 0.333. The van der Waals surface area contributed by atoms with Crippen LogP contribution in [-0.4, -0.2) is 42.7 Å². The van der Waals surface area contributed by atoms with Gasteiger partial charge in [0.1, 0.15) is 6.61 Å². The molecule has 0 bridgehead atoms. The van der Waals surface area contributed by atoms with Gasteiger partial charge in [-0.3, -0.25) is 4.79 Å². The molecular weight excluding hydrogens is 346 g/mol. The Labute approximate surface area is 159 Å².